The summed E-state index contributed by atoms with van der Waals surface area (Å²) in [7, 11) is 1.61. The van der Waals surface area contributed by atoms with Crippen LogP contribution in [0.25, 0.3) is 0 Å². The Kier molecular flexibility index (Phi) is 6.03. The van der Waals surface area contributed by atoms with Crippen molar-refractivity contribution in [1.82, 2.24) is 0 Å². The Balaban J connectivity index is 1.99. The molecule has 0 aliphatic carbocycles. The number of ether oxygens (including phenoxy) is 2. The minimum atomic E-state index is -0.533. The van der Waals surface area contributed by atoms with E-state index in [-0.39, 0.29) is 5.91 Å². The van der Waals surface area contributed by atoms with E-state index in [4.69, 9.17) is 9.47 Å². The van der Waals surface area contributed by atoms with E-state index < -0.39 is 6.10 Å². The van der Waals surface area contributed by atoms with Crippen LogP contribution in [0.1, 0.15) is 25.8 Å². The van der Waals surface area contributed by atoms with Crippen LogP contribution in [0, 0.1) is 0 Å². The minimum Gasteiger partial charge on any atom is -0.497 e. The maximum Gasteiger partial charge on any atom is 0.265 e. The third kappa shape index (κ3) is 4.74. The second-order valence-corrected chi connectivity index (χ2v) is 5.23. The molecule has 0 aliphatic rings. The smallest absolute Gasteiger partial charge is 0.265 e. The number of aryl methyl sites for hydroxylation is 1. The number of benzene rings is 2. The van der Waals surface area contributed by atoms with E-state index in [0.717, 1.165) is 17.9 Å². The number of carbonyl (C=O) groups is 1. The molecule has 23 heavy (non-hydrogen) atoms. The van der Waals surface area contributed by atoms with Gasteiger partial charge in [0, 0.05) is 5.69 Å². The van der Waals surface area contributed by atoms with Crippen molar-refractivity contribution in [3.05, 3.63) is 54.1 Å². The van der Waals surface area contributed by atoms with Gasteiger partial charge in [0.25, 0.3) is 5.91 Å². The molecule has 0 fully saturated rings. The fraction of sp³-hybridized carbons (Fsp3) is 0.316. The zero-order chi connectivity index (χ0) is 16.7. The zero-order valence-corrected chi connectivity index (χ0v) is 13.8. The van der Waals surface area contributed by atoms with Gasteiger partial charge in [-0.2, -0.15) is 0 Å². The number of amides is 1. The highest BCUT2D eigenvalue weighted by Gasteiger charge is 2.18. The molecule has 4 nitrogen and oxygen atoms in total. The van der Waals surface area contributed by atoms with Crippen LogP contribution in [0.3, 0.4) is 0 Å². The van der Waals surface area contributed by atoms with Gasteiger partial charge in [-0.3, -0.25) is 4.79 Å². The molecule has 1 amide bonds. The summed E-state index contributed by atoms with van der Waals surface area (Å²) in [4.78, 5) is 12.4. The van der Waals surface area contributed by atoms with Gasteiger partial charge >= 0.3 is 0 Å². The Morgan fingerprint density at radius 1 is 1.00 bits per heavy atom. The van der Waals surface area contributed by atoms with Gasteiger partial charge in [-0.05, 0) is 54.8 Å². The van der Waals surface area contributed by atoms with Gasteiger partial charge in [-0.1, -0.05) is 26.0 Å². The summed E-state index contributed by atoms with van der Waals surface area (Å²) in [6.07, 6.45) is 1.03. The molecule has 0 saturated heterocycles. The average Bonchev–Trinajstić information content (AvgIpc) is 2.60. The van der Waals surface area contributed by atoms with Crippen molar-refractivity contribution < 1.29 is 14.3 Å². The Morgan fingerprint density at radius 3 is 2.13 bits per heavy atom. The predicted octanol–water partition coefficient (Wildman–Crippen LogP) is 4.05. The van der Waals surface area contributed by atoms with Gasteiger partial charge in [0.2, 0.25) is 0 Å². The quantitative estimate of drug-likeness (QED) is 0.838. The number of carbonyl (C=O) groups excluding carboxylic acids is 1. The molecule has 1 atom stereocenters. The maximum absolute atomic E-state index is 12.4. The molecule has 1 N–H and O–H groups in total. The molecule has 2 aromatic rings. The third-order valence-corrected chi connectivity index (χ3v) is 3.63. The van der Waals surface area contributed by atoms with E-state index in [0.29, 0.717) is 12.2 Å². The first-order valence-corrected chi connectivity index (χ1v) is 7.86. The summed E-state index contributed by atoms with van der Waals surface area (Å²) in [5.41, 5.74) is 2.02. The molecular formula is C19H23NO3. The number of nitrogens with one attached hydrogen (secondary N) is 1. The Labute approximate surface area is 137 Å². The van der Waals surface area contributed by atoms with Crippen molar-refractivity contribution in [1.29, 1.82) is 0 Å². The molecule has 0 radical (unpaired) electrons. The molecule has 122 valence electrons. The molecule has 0 saturated carbocycles. The summed E-state index contributed by atoms with van der Waals surface area (Å²) in [6.45, 7) is 4.03. The summed E-state index contributed by atoms with van der Waals surface area (Å²) in [5.74, 6) is 1.26. The Hall–Kier alpha value is -2.49. The molecule has 0 spiro atoms. The fourth-order valence-corrected chi connectivity index (χ4v) is 2.19. The second kappa shape index (κ2) is 8.22. The summed E-state index contributed by atoms with van der Waals surface area (Å²) >= 11 is 0. The van der Waals surface area contributed by atoms with Gasteiger partial charge in [-0.25, -0.2) is 0 Å². The van der Waals surface area contributed by atoms with Crippen molar-refractivity contribution in [2.75, 3.05) is 12.4 Å². The fourth-order valence-electron chi connectivity index (χ4n) is 2.19. The highest BCUT2D eigenvalue weighted by molar-refractivity contribution is 5.94. The lowest BCUT2D eigenvalue weighted by atomic mass is 10.1. The highest BCUT2D eigenvalue weighted by Crippen LogP contribution is 2.19. The van der Waals surface area contributed by atoms with Crippen LogP contribution < -0.4 is 14.8 Å². The molecular weight excluding hydrogens is 290 g/mol. The molecule has 0 heterocycles. The first-order chi connectivity index (χ1) is 11.2. The minimum absolute atomic E-state index is 0.146. The molecule has 0 aliphatic heterocycles. The van der Waals surface area contributed by atoms with E-state index in [1.165, 1.54) is 5.56 Å². The standard InChI is InChI=1S/C19H23NO3/c1-4-14-6-8-15(9-7-14)20-19(21)18(5-2)23-17-12-10-16(22-3)11-13-17/h6-13,18H,4-5H2,1-3H3,(H,20,21)/t18-/m0/s1. The monoisotopic (exact) mass is 313 g/mol. The van der Waals surface area contributed by atoms with Crippen LogP contribution in [-0.4, -0.2) is 19.1 Å². The van der Waals surface area contributed by atoms with Crippen LogP contribution >= 0.6 is 0 Å². The zero-order valence-electron chi connectivity index (χ0n) is 13.8. The highest BCUT2D eigenvalue weighted by atomic mass is 16.5. The lowest BCUT2D eigenvalue weighted by Gasteiger charge is -2.17. The summed E-state index contributed by atoms with van der Waals surface area (Å²) in [6, 6.07) is 15.1. The van der Waals surface area contributed by atoms with Gasteiger partial charge in [0.1, 0.15) is 11.5 Å². The maximum atomic E-state index is 12.4. The van der Waals surface area contributed by atoms with Gasteiger partial charge in [0.05, 0.1) is 7.11 Å². The molecule has 4 heteroatoms. The van der Waals surface area contributed by atoms with E-state index >= 15 is 0 Å². The molecule has 2 rings (SSSR count). The van der Waals surface area contributed by atoms with Crippen molar-refractivity contribution in [3.63, 3.8) is 0 Å². The number of hydrogen-bond acceptors (Lipinski definition) is 3. The molecule has 0 bridgehead atoms. The van der Waals surface area contributed by atoms with Crippen molar-refractivity contribution in [2.45, 2.75) is 32.8 Å². The first-order valence-electron chi connectivity index (χ1n) is 7.86. The molecule has 0 aromatic heterocycles. The van der Waals surface area contributed by atoms with Crippen molar-refractivity contribution in [2.24, 2.45) is 0 Å². The van der Waals surface area contributed by atoms with E-state index in [1.807, 2.05) is 43.3 Å². The molecule has 0 unspecified atom stereocenters. The van der Waals surface area contributed by atoms with Crippen LogP contribution in [-0.2, 0) is 11.2 Å². The average molecular weight is 313 g/mol. The number of rotatable bonds is 7. The summed E-state index contributed by atoms with van der Waals surface area (Å²) in [5, 5.41) is 2.90. The normalized spacial score (nSPS) is 11.6. The van der Waals surface area contributed by atoms with E-state index in [2.05, 4.69) is 12.2 Å². The largest absolute Gasteiger partial charge is 0.497 e. The van der Waals surface area contributed by atoms with Crippen LogP contribution in [0.4, 0.5) is 5.69 Å². The summed E-state index contributed by atoms with van der Waals surface area (Å²) < 4.78 is 10.9. The Morgan fingerprint density at radius 2 is 1.61 bits per heavy atom. The van der Waals surface area contributed by atoms with Gasteiger partial charge < -0.3 is 14.8 Å². The van der Waals surface area contributed by atoms with Crippen LogP contribution in [0.2, 0.25) is 0 Å². The van der Waals surface area contributed by atoms with Gasteiger partial charge in [0.15, 0.2) is 6.10 Å². The SMILES string of the molecule is CCc1ccc(NC(=O)[C@H](CC)Oc2ccc(OC)cc2)cc1. The number of anilines is 1. The van der Waals surface area contributed by atoms with Crippen LogP contribution in [0.15, 0.2) is 48.5 Å². The Bertz CT molecular complexity index is 620. The second-order valence-electron chi connectivity index (χ2n) is 5.23. The predicted molar refractivity (Wildman–Crippen MR) is 92.2 cm³/mol. The lowest BCUT2D eigenvalue weighted by Crippen LogP contribution is -2.32. The lowest BCUT2D eigenvalue weighted by molar-refractivity contribution is -0.122. The third-order valence-electron chi connectivity index (χ3n) is 3.63. The van der Waals surface area contributed by atoms with E-state index in [9.17, 15) is 4.79 Å². The molecule has 2 aromatic carbocycles. The number of methoxy groups -OCH3 is 1. The van der Waals surface area contributed by atoms with Crippen LogP contribution in [0.5, 0.6) is 11.5 Å². The number of hydrogen-bond donors (Lipinski definition) is 1. The van der Waals surface area contributed by atoms with Gasteiger partial charge in [-0.15, -0.1) is 0 Å². The first kappa shape index (κ1) is 16.9. The van der Waals surface area contributed by atoms with Crippen molar-refractivity contribution in [3.8, 4) is 11.5 Å². The topological polar surface area (TPSA) is 47.6 Å². The van der Waals surface area contributed by atoms with E-state index in [1.54, 1.807) is 19.2 Å². The van der Waals surface area contributed by atoms with Crippen molar-refractivity contribution >= 4 is 11.6 Å².